The highest BCUT2D eigenvalue weighted by Gasteiger charge is 2.39. The Labute approximate surface area is 266 Å². The Morgan fingerprint density at radius 2 is 1.71 bits per heavy atom. The summed E-state index contributed by atoms with van der Waals surface area (Å²) >= 11 is 11.5. The van der Waals surface area contributed by atoms with E-state index >= 15 is 0 Å². The molecule has 2 fully saturated rings. The van der Waals surface area contributed by atoms with Gasteiger partial charge in [0.05, 0.1) is 36.5 Å². The lowest BCUT2D eigenvalue weighted by atomic mass is 10.1. The van der Waals surface area contributed by atoms with Crippen LogP contribution in [0.1, 0.15) is 33.1 Å². The standard InChI is InChI=1S/C27H31Cl2F3N10O3/c1-39-7-9-41(10-8-39)20-4-3-17(15-18(20)34-26(44)21-22(27(30,31)32)36-24(29)23(28)35-21)42-16-19(37-38-42)25(43)33-5-2-6-40-11-13-45-14-12-40/h3-4,15-16H,2,5-14H2,1H3,(H,33,43)(H,34,44). The molecule has 0 spiro atoms. The van der Waals surface area contributed by atoms with Gasteiger partial charge in [0, 0.05) is 45.8 Å². The summed E-state index contributed by atoms with van der Waals surface area (Å²) in [7, 11) is 1.98. The van der Waals surface area contributed by atoms with Crippen LogP contribution in [-0.4, -0.2) is 119 Å². The van der Waals surface area contributed by atoms with Crippen molar-refractivity contribution in [3.05, 3.63) is 51.8 Å². The molecule has 1 aromatic carbocycles. The Hall–Kier alpha value is -3.57. The molecule has 0 unspecified atom stereocenters. The maximum atomic E-state index is 13.7. The highest BCUT2D eigenvalue weighted by Crippen LogP contribution is 2.34. The van der Waals surface area contributed by atoms with E-state index in [1.54, 1.807) is 12.1 Å². The first-order valence-electron chi connectivity index (χ1n) is 14.2. The van der Waals surface area contributed by atoms with Crippen molar-refractivity contribution in [3.8, 4) is 5.69 Å². The van der Waals surface area contributed by atoms with E-state index in [4.69, 9.17) is 27.9 Å². The number of halogens is 5. The van der Waals surface area contributed by atoms with E-state index in [0.717, 1.165) is 39.1 Å². The second-order valence-corrected chi connectivity index (χ2v) is 11.3. The quantitative estimate of drug-likeness (QED) is 0.328. The van der Waals surface area contributed by atoms with E-state index in [-0.39, 0.29) is 11.4 Å². The average molecular weight is 672 g/mol. The lowest BCUT2D eigenvalue weighted by Crippen LogP contribution is -2.44. The van der Waals surface area contributed by atoms with Gasteiger partial charge in [-0.2, -0.15) is 13.2 Å². The molecule has 2 aromatic heterocycles. The molecule has 0 saturated carbocycles. The lowest BCUT2D eigenvalue weighted by molar-refractivity contribution is -0.141. The van der Waals surface area contributed by atoms with Gasteiger partial charge in [0.15, 0.2) is 27.4 Å². The molecule has 0 radical (unpaired) electrons. The van der Waals surface area contributed by atoms with Gasteiger partial charge in [0.1, 0.15) is 0 Å². The average Bonchev–Trinajstić information content (AvgIpc) is 3.51. The third-order valence-corrected chi connectivity index (χ3v) is 8.03. The highest BCUT2D eigenvalue weighted by molar-refractivity contribution is 6.40. The molecular weight excluding hydrogens is 640 g/mol. The minimum atomic E-state index is -5.02. The third kappa shape index (κ3) is 8.18. The Morgan fingerprint density at radius 3 is 2.42 bits per heavy atom. The second-order valence-electron chi connectivity index (χ2n) is 10.6. The highest BCUT2D eigenvalue weighted by atomic mass is 35.5. The summed E-state index contributed by atoms with van der Waals surface area (Å²) in [6.07, 6.45) is -2.83. The predicted molar refractivity (Wildman–Crippen MR) is 160 cm³/mol. The summed E-state index contributed by atoms with van der Waals surface area (Å²) in [6, 6.07) is 4.96. The van der Waals surface area contributed by atoms with Crippen LogP contribution in [0.2, 0.25) is 10.3 Å². The van der Waals surface area contributed by atoms with E-state index in [0.29, 0.717) is 44.2 Å². The molecule has 242 valence electrons. The molecule has 5 rings (SSSR count). The number of amides is 2. The molecule has 2 aliphatic heterocycles. The lowest BCUT2D eigenvalue weighted by Gasteiger charge is -2.35. The molecule has 2 saturated heterocycles. The fourth-order valence-corrected chi connectivity index (χ4v) is 5.19. The largest absolute Gasteiger partial charge is 0.435 e. The van der Waals surface area contributed by atoms with Crippen molar-refractivity contribution in [1.82, 2.24) is 40.1 Å². The number of anilines is 2. The summed E-state index contributed by atoms with van der Waals surface area (Å²) in [6.45, 7) is 7.12. The minimum Gasteiger partial charge on any atom is -0.379 e. The zero-order chi connectivity index (χ0) is 32.1. The smallest absolute Gasteiger partial charge is 0.379 e. The Kier molecular flexibility index (Phi) is 10.4. The van der Waals surface area contributed by atoms with Crippen LogP contribution in [-0.2, 0) is 10.9 Å². The number of nitrogens with one attached hydrogen (secondary N) is 2. The maximum Gasteiger partial charge on any atom is 0.435 e. The van der Waals surface area contributed by atoms with E-state index in [2.05, 4.69) is 40.7 Å². The van der Waals surface area contributed by atoms with Gasteiger partial charge in [-0.1, -0.05) is 28.4 Å². The Morgan fingerprint density at radius 1 is 1.00 bits per heavy atom. The van der Waals surface area contributed by atoms with Crippen molar-refractivity contribution < 1.29 is 27.5 Å². The van der Waals surface area contributed by atoms with Gasteiger partial charge in [-0.05, 0) is 38.2 Å². The van der Waals surface area contributed by atoms with E-state index in [9.17, 15) is 22.8 Å². The molecule has 45 heavy (non-hydrogen) atoms. The molecular formula is C27H31Cl2F3N10O3. The number of rotatable bonds is 9. The number of carbonyl (C=O) groups is 2. The van der Waals surface area contributed by atoms with Crippen LogP contribution in [0.25, 0.3) is 5.69 Å². The fraction of sp³-hybridized carbons (Fsp3) is 0.481. The number of nitrogens with zero attached hydrogens (tertiary/aromatic N) is 8. The van der Waals surface area contributed by atoms with Crippen molar-refractivity contribution in [3.63, 3.8) is 0 Å². The second kappa shape index (κ2) is 14.2. The number of aromatic nitrogens is 5. The first-order valence-corrected chi connectivity index (χ1v) is 15.0. The van der Waals surface area contributed by atoms with Gasteiger partial charge in [-0.25, -0.2) is 14.6 Å². The van der Waals surface area contributed by atoms with E-state index in [1.807, 2.05) is 11.9 Å². The van der Waals surface area contributed by atoms with E-state index < -0.39 is 39.7 Å². The predicted octanol–water partition coefficient (Wildman–Crippen LogP) is 2.84. The Bertz CT molecular complexity index is 1530. The van der Waals surface area contributed by atoms with Gasteiger partial charge in [-0.15, -0.1) is 5.10 Å². The molecule has 4 heterocycles. The zero-order valence-electron chi connectivity index (χ0n) is 24.3. The first kappa shape index (κ1) is 32.8. The SMILES string of the molecule is CN1CCN(c2ccc(-n3cc(C(=O)NCCCN4CCOCC4)nn3)cc2NC(=O)c2nc(Cl)c(Cl)nc2C(F)(F)F)CC1. The number of morpholine rings is 1. The van der Waals surface area contributed by atoms with Crippen molar-refractivity contribution in [2.45, 2.75) is 12.6 Å². The maximum absolute atomic E-state index is 13.7. The summed E-state index contributed by atoms with van der Waals surface area (Å²) < 4.78 is 47.9. The number of hydrogen-bond donors (Lipinski definition) is 2. The van der Waals surface area contributed by atoms with Crippen LogP contribution >= 0.6 is 23.2 Å². The molecule has 2 N–H and O–H groups in total. The monoisotopic (exact) mass is 670 g/mol. The molecule has 3 aromatic rings. The molecule has 0 bridgehead atoms. The summed E-state index contributed by atoms with van der Waals surface area (Å²) in [5, 5.41) is 12.2. The number of alkyl halides is 3. The number of likely N-dealkylation sites (N-methyl/N-ethyl adjacent to an activating group) is 1. The number of benzene rings is 1. The van der Waals surface area contributed by atoms with Crippen LogP contribution < -0.4 is 15.5 Å². The van der Waals surface area contributed by atoms with Gasteiger partial charge < -0.3 is 25.2 Å². The normalized spacial score (nSPS) is 16.5. The first-order chi connectivity index (χ1) is 21.5. The van der Waals surface area contributed by atoms with Gasteiger partial charge in [-0.3, -0.25) is 14.5 Å². The Balaban J connectivity index is 1.36. The van der Waals surface area contributed by atoms with Crippen LogP contribution in [0, 0.1) is 0 Å². The van der Waals surface area contributed by atoms with Crippen LogP contribution in [0.4, 0.5) is 24.5 Å². The van der Waals surface area contributed by atoms with E-state index in [1.165, 1.54) is 16.9 Å². The number of piperazine rings is 1. The van der Waals surface area contributed by atoms with Crippen molar-refractivity contribution in [1.29, 1.82) is 0 Å². The number of carbonyl (C=O) groups excluding carboxylic acids is 2. The number of ether oxygens (including phenoxy) is 1. The summed E-state index contributed by atoms with van der Waals surface area (Å²) in [5.41, 5.74) is -1.36. The third-order valence-electron chi connectivity index (χ3n) is 7.40. The zero-order valence-corrected chi connectivity index (χ0v) is 25.8. The topological polar surface area (TPSA) is 134 Å². The number of hydrogen-bond acceptors (Lipinski definition) is 10. The van der Waals surface area contributed by atoms with Crippen LogP contribution in [0.5, 0.6) is 0 Å². The van der Waals surface area contributed by atoms with Crippen molar-refractivity contribution in [2.24, 2.45) is 0 Å². The molecule has 2 aliphatic rings. The fourth-order valence-electron chi connectivity index (χ4n) is 4.94. The molecule has 13 nitrogen and oxygen atoms in total. The minimum absolute atomic E-state index is 0.0796. The van der Waals surface area contributed by atoms with Crippen LogP contribution in [0.3, 0.4) is 0 Å². The summed E-state index contributed by atoms with van der Waals surface area (Å²) in [4.78, 5) is 39.2. The molecule has 0 aliphatic carbocycles. The van der Waals surface area contributed by atoms with Crippen molar-refractivity contribution >= 4 is 46.4 Å². The summed E-state index contributed by atoms with van der Waals surface area (Å²) in [5.74, 6) is -1.58. The van der Waals surface area contributed by atoms with Gasteiger partial charge in [0.2, 0.25) is 0 Å². The van der Waals surface area contributed by atoms with Crippen LogP contribution in [0.15, 0.2) is 24.4 Å². The van der Waals surface area contributed by atoms with Crippen molar-refractivity contribution in [2.75, 3.05) is 82.8 Å². The molecule has 2 amide bonds. The molecule has 18 heteroatoms. The van der Waals surface area contributed by atoms with Gasteiger partial charge in [0.25, 0.3) is 11.8 Å². The molecule has 0 atom stereocenters. The van der Waals surface area contributed by atoms with Gasteiger partial charge >= 0.3 is 6.18 Å².